The van der Waals surface area contributed by atoms with Gasteiger partial charge in [0, 0.05) is 5.57 Å². The Morgan fingerprint density at radius 2 is 1.61 bits per heavy atom. The number of hydrogen-bond acceptors (Lipinski definition) is 3. The molecule has 0 aliphatic carbocycles. The maximum atomic E-state index is 11.6. The highest BCUT2D eigenvalue weighted by molar-refractivity contribution is 5.97. The number of carboxylic acids is 1. The van der Waals surface area contributed by atoms with Gasteiger partial charge in [-0.3, -0.25) is 0 Å². The van der Waals surface area contributed by atoms with Crippen LogP contribution in [0.1, 0.15) is 36.7 Å². The minimum absolute atomic E-state index is 0.223. The summed E-state index contributed by atoms with van der Waals surface area (Å²) in [6.07, 6.45) is 0. The lowest BCUT2D eigenvalue weighted by Gasteiger charge is -2.07. The fourth-order valence-electron chi connectivity index (χ4n) is 1.47. The van der Waals surface area contributed by atoms with Gasteiger partial charge in [-0.1, -0.05) is 12.1 Å². The van der Waals surface area contributed by atoms with E-state index in [-0.39, 0.29) is 11.5 Å². The second kappa shape index (κ2) is 6.00. The van der Waals surface area contributed by atoms with Gasteiger partial charge in [0.15, 0.2) is 0 Å². The predicted octanol–water partition coefficient (Wildman–Crippen LogP) is 2.74. The van der Waals surface area contributed by atoms with Gasteiger partial charge in [-0.15, -0.1) is 0 Å². The van der Waals surface area contributed by atoms with E-state index in [1.54, 1.807) is 26.0 Å². The van der Waals surface area contributed by atoms with Crippen LogP contribution in [0, 0.1) is 0 Å². The quantitative estimate of drug-likeness (QED) is 0.657. The van der Waals surface area contributed by atoms with E-state index < -0.39 is 5.97 Å². The number of carboxylic acid groups (broad SMARTS) is 1. The Balaban J connectivity index is 3.02. The van der Waals surface area contributed by atoms with Crippen LogP contribution in [0.3, 0.4) is 0 Å². The van der Waals surface area contributed by atoms with Crippen LogP contribution in [0.25, 0.3) is 5.57 Å². The molecule has 0 fully saturated rings. The summed E-state index contributed by atoms with van der Waals surface area (Å²) in [6.45, 7) is 5.59. The summed E-state index contributed by atoms with van der Waals surface area (Å²) in [5.74, 6) is -1.32. The average molecular weight is 248 g/mol. The van der Waals surface area contributed by atoms with E-state index in [1.807, 2.05) is 6.92 Å². The molecule has 0 heterocycles. The maximum absolute atomic E-state index is 11.6. The molecule has 0 saturated heterocycles. The smallest absolute Gasteiger partial charge is 0.335 e. The van der Waals surface area contributed by atoms with Crippen molar-refractivity contribution in [3.8, 4) is 0 Å². The third-order valence-corrected chi connectivity index (χ3v) is 2.71. The lowest BCUT2D eigenvalue weighted by Crippen LogP contribution is -2.06. The van der Waals surface area contributed by atoms with Gasteiger partial charge < -0.3 is 9.84 Å². The molecule has 0 amide bonds. The molecule has 0 aromatic heterocycles. The zero-order valence-electron chi connectivity index (χ0n) is 10.7. The highest BCUT2D eigenvalue weighted by atomic mass is 16.5. The molecule has 0 atom stereocenters. The minimum atomic E-state index is -0.967. The van der Waals surface area contributed by atoms with Gasteiger partial charge in [0.25, 0.3) is 0 Å². The van der Waals surface area contributed by atoms with E-state index in [4.69, 9.17) is 9.84 Å². The van der Waals surface area contributed by atoms with Crippen molar-refractivity contribution < 1.29 is 19.4 Å². The van der Waals surface area contributed by atoms with Crippen LogP contribution in [0.15, 0.2) is 29.8 Å². The number of aromatic carboxylic acids is 1. The summed E-state index contributed by atoms with van der Waals surface area (Å²) in [4.78, 5) is 22.3. The average Bonchev–Trinajstić information content (AvgIpc) is 2.37. The van der Waals surface area contributed by atoms with Crippen molar-refractivity contribution in [2.45, 2.75) is 20.8 Å². The number of esters is 1. The molecule has 1 N–H and O–H groups in total. The van der Waals surface area contributed by atoms with Crippen LogP contribution in [-0.2, 0) is 9.53 Å². The first-order valence-corrected chi connectivity index (χ1v) is 5.65. The Morgan fingerprint density at radius 3 is 2.06 bits per heavy atom. The Morgan fingerprint density at radius 1 is 1.11 bits per heavy atom. The number of benzene rings is 1. The monoisotopic (exact) mass is 248 g/mol. The van der Waals surface area contributed by atoms with Crippen LogP contribution in [-0.4, -0.2) is 23.7 Å². The molecule has 4 nitrogen and oxygen atoms in total. The summed E-state index contributed by atoms with van der Waals surface area (Å²) in [5, 5.41) is 8.80. The zero-order chi connectivity index (χ0) is 13.7. The molecule has 0 aliphatic rings. The van der Waals surface area contributed by atoms with Crippen molar-refractivity contribution in [1.82, 2.24) is 0 Å². The van der Waals surface area contributed by atoms with Crippen molar-refractivity contribution in [3.63, 3.8) is 0 Å². The summed E-state index contributed by atoms with van der Waals surface area (Å²) >= 11 is 0. The van der Waals surface area contributed by atoms with E-state index >= 15 is 0 Å². The summed E-state index contributed by atoms with van der Waals surface area (Å²) < 4.78 is 4.92. The standard InChI is InChI=1S/C14H16O4/c1-4-18-14(17)10(3)9(2)11-5-7-12(8-6-11)13(15)16/h5-8H,4H2,1-3H3,(H,15,16)/b10-9+. The minimum Gasteiger partial charge on any atom is -0.478 e. The molecule has 18 heavy (non-hydrogen) atoms. The number of rotatable bonds is 4. The molecule has 1 aromatic carbocycles. The van der Waals surface area contributed by atoms with E-state index in [9.17, 15) is 9.59 Å². The van der Waals surface area contributed by atoms with Crippen LogP contribution in [0.4, 0.5) is 0 Å². The van der Waals surface area contributed by atoms with Crippen molar-refractivity contribution in [2.75, 3.05) is 6.61 Å². The van der Waals surface area contributed by atoms with Gasteiger partial charge in [-0.2, -0.15) is 0 Å². The van der Waals surface area contributed by atoms with Crippen LogP contribution >= 0.6 is 0 Å². The van der Waals surface area contributed by atoms with E-state index in [0.717, 1.165) is 11.1 Å². The highest BCUT2D eigenvalue weighted by Gasteiger charge is 2.10. The second-order valence-electron chi connectivity index (χ2n) is 3.85. The molecule has 0 aliphatic heterocycles. The Labute approximate surface area is 106 Å². The Bertz CT molecular complexity index is 483. The largest absolute Gasteiger partial charge is 0.478 e. The van der Waals surface area contributed by atoms with E-state index in [2.05, 4.69) is 0 Å². The molecular weight excluding hydrogens is 232 g/mol. The van der Waals surface area contributed by atoms with Crippen molar-refractivity contribution in [3.05, 3.63) is 41.0 Å². The maximum Gasteiger partial charge on any atom is 0.335 e. The molecule has 1 aromatic rings. The van der Waals surface area contributed by atoms with Gasteiger partial charge >= 0.3 is 11.9 Å². The number of carbonyl (C=O) groups is 2. The van der Waals surface area contributed by atoms with Gasteiger partial charge in [-0.05, 0) is 44.0 Å². The summed E-state index contributed by atoms with van der Waals surface area (Å²) in [6, 6.07) is 6.39. The molecule has 96 valence electrons. The van der Waals surface area contributed by atoms with Crippen LogP contribution in [0.5, 0.6) is 0 Å². The number of ether oxygens (including phenoxy) is 1. The summed E-state index contributed by atoms with van der Waals surface area (Å²) in [5.41, 5.74) is 2.34. The molecule has 0 bridgehead atoms. The van der Waals surface area contributed by atoms with Crippen molar-refractivity contribution in [2.24, 2.45) is 0 Å². The topological polar surface area (TPSA) is 63.6 Å². The van der Waals surface area contributed by atoms with Gasteiger partial charge in [-0.25, -0.2) is 9.59 Å². The van der Waals surface area contributed by atoms with Gasteiger partial charge in [0.1, 0.15) is 0 Å². The number of carbonyl (C=O) groups excluding carboxylic acids is 1. The fraction of sp³-hybridized carbons (Fsp3) is 0.286. The fourth-order valence-corrected chi connectivity index (χ4v) is 1.47. The Kier molecular flexibility index (Phi) is 4.66. The molecular formula is C14H16O4. The van der Waals surface area contributed by atoms with Gasteiger partial charge in [0.05, 0.1) is 12.2 Å². The predicted molar refractivity (Wildman–Crippen MR) is 68.3 cm³/mol. The molecule has 1 rings (SSSR count). The second-order valence-corrected chi connectivity index (χ2v) is 3.85. The molecule has 0 radical (unpaired) electrons. The zero-order valence-corrected chi connectivity index (χ0v) is 10.7. The number of hydrogen-bond donors (Lipinski definition) is 1. The van der Waals surface area contributed by atoms with E-state index in [0.29, 0.717) is 12.2 Å². The SMILES string of the molecule is CCOC(=O)/C(C)=C(\C)c1ccc(C(=O)O)cc1. The first-order valence-electron chi connectivity index (χ1n) is 5.65. The third kappa shape index (κ3) is 3.20. The summed E-state index contributed by atoms with van der Waals surface area (Å²) in [7, 11) is 0. The van der Waals surface area contributed by atoms with E-state index in [1.165, 1.54) is 12.1 Å². The lowest BCUT2D eigenvalue weighted by atomic mass is 10.0. The van der Waals surface area contributed by atoms with Gasteiger partial charge in [0.2, 0.25) is 0 Å². The Hall–Kier alpha value is -2.10. The first kappa shape index (κ1) is 14.0. The van der Waals surface area contributed by atoms with Crippen LogP contribution < -0.4 is 0 Å². The highest BCUT2D eigenvalue weighted by Crippen LogP contribution is 2.19. The molecule has 0 unspecified atom stereocenters. The lowest BCUT2D eigenvalue weighted by molar-refractivity contribution is -0.138. The molecule has 0 spiro atoms. The number of allylic oxidation sites excluding steroid dienone is 1. The van der Waals surface area contributed by atoms with Crippen molar-refractivity contribution in [1.29, 1.82) is 0 Å². The van der Waals surface area contributed by atoms with Crippen LogP contribution in [0.2, 0.25) is 0 Å². The van der Waals surface area contributed by atoms with Crippen molar-refractivity contribution >= 4 is 17.5 Å². The first-order chi connectivity index (χ1) is 8.47. The molecule has 0 saturated carbocycles. The third-order valence-electron chi connectivity index (χ3n) is 2.71. The molecule has 4 heteroatoms. The normalized spacial score (nSPS) is 11.7.